The first-order chi connectivity index (χ1) is 7.56. The fourth-order valence-electron chi connectivity index (χ4n) is 1.15. The third-order valence-electron chi connectivity index (χ3n) is 1.97. The van der Waals surface area contributed by atoms with Crippen LogP contribution in [0.1, 0.15) is 17.4 Å². The SMILES string of the molecule is CCOC(=O)c1ncn(CCS(C)=O)c1N. The van der Waals surface area contributed by atoms with Crippen LogP contribution in [-0.4, -0.2) is 38.3 Å². The Morgan fingerprint density at radius 1 is 1.69 bits per heavy atom. The van der Waals surface area contributed by atoms with E-state index in [0.717, 1.165) is 0 Å². The molecule has 0 aliphatic carbocycles. The molecule has 0 bridgehead atoms. The topological polar surface area (TPSA) is 87.2 Å². The van der Waals surface area contributed by atoms with Gasteiger partial charge >= 0.3 is 5.97 Å². The van der Waals surface area contributed by atoms with Gasteiger partial charge in [-0.3, -0.25) is 4.21 Å². The predicted molar refractivity (Wildman–Crippen MR) is 61.5 cm³/mol. The molecule has 0 saturated carbocycles. The fraction of sp³-hybridized carbons (Fsp3) is 0.556. The van der Waals surface area contributed by atoms with Crippen LogP contribution in [0.15, 0.2) is 6.33 Å². The molecule has 1 aromatic rings. The fourth-order valence-corrected chi connectivity index (χ4v) is 1.61. The number of nitrogen functional groups attached to an aromatic ring is 1. The van der Waals surface area contributed by atoms with E-state index >= 15 is 0 Å². The van der Waals surface area contributed by atoms with Crippen molar-refractivity contribution in [2.75, 3.05) is 24.3 Å². The average molecular weight is 245 g/mol. The van der Waals surface area contributed by atoms with Gasteiger partial charge in [-0.1, -0.05) is 0 Å². The smallest absolute Gasteiger partial charge is 0.360 e. The number of esters is 1. The first-order valence-electron chi connectivity index (χ1n) is 4.84. The van der Waals surface area contributed by atoms with E-state index in [1.54, 1.807) is 17.7 Å². The second-order valence-electron chi connectivity index (χ2n) is 3.17. The van der Waals surface area contributed by atoms with Crippen molar-refractivity contribution in [1.29, 1.82) is 0 Å². The maximum absolute atomic E-state index is 11.4. The van der Waals surface area contributed by atoms with Gasteiger partial charge in [0, 0.05) is 29.4 Å². The number of aromatic nitrogens is 2. The predicted octanol–water partition coefficient (Wildman–Crippen LogP) is 0.0205. The highest BCUT2D eigenvalue weighted by atomic mass is 32.2. The molecule has 1 atom stereocenters. The first kappa shape index (κ1) is 12.7. The van der Waals surface area contributed by atoms with Crippen LogP contribution < -0.4 is 5.73 Å². The van der Waals surface area contributed by atoms with Crippen molar-refractivity contribution in [3.05, 3.63) is 12.0 Å². The Bertz CT molecular complexity index is 403. The van der Waals surface area contributed by atoms with Crippen molar-refractivity contribution in [3.8, 4) is 0 Å². The molecule has 0 spiro atoms. The molecule has 6 nitrogen and oxygen atoms in total. The number of carbonyl (C=O) groups excluding carboxylic acids is 1. The number of ether oxygens (including phenoxy) is 1. The van der Waals surface area contributed by atoms with Gasteiger partial charge < -0.3 is 15.0 Å². The number of nitrogens with two attached hydrogens (primary N) is 1. The molecule has 1 aromatic heterocycles. The molecule has 0 aromatic carbocycles. The summed E-state index contributed by atoms with van der Waals surface area (Å²) in [5.41, 5.74) is 5.84. The van der Waals surface area contributed by atoms with Gasteiger partial charge in [0.25, 0.3) is 0 Å². The van der Waals surface area contributed by atoms with Crippen LogP contribution in [0.25, 0.3) is 0 Å². The van der Waals surface area contributed by atoms with E-state index in [1.807, 2.05) is 0 Å². The van der Waals surface area contributed by atoms with E-state index in [9.17, 15) is 9.00 Å². The molecule has 90 valence electrons. The summed E-state index contributed by atoms with van der Waals surface area (Å²) in [5, 5.41) is 0. The molecule has 0 aliphatic rings. The van der Waals surface area contributed by atoms with Crippen molar-refractivity contribution < 1.29 is 13.7 Å². The second-order valence-corrected chi connectivity index (χ2v) is 4.72. The summed E-state index contributed by atoms with van der Waals surface area (Å²) in [6, 6.07) is 0. The highest BCUT2D eigenvalue weighted by molar-refractivity contribution is 7.84. The van der Waals surface area contributed by atoms with Crippen molar-refractivity contribution >= 4 is 22.6 Å². The van der Waals surface area contributed by atoms with Crippen molar-refractivity contribution in [2.24, 2.45) is 0 Å². The second kappa shape index (κ2) is 5.64. The molecule has 7 heteroatoms. The van der Waals surface area contributed by atoms with Crippen LogP contribution >= 0.6 is 0 Å². The van der Waals surface area contributed by atoms with E-state index in [-0.39, 0.29) is 18.1 Å². The molecule has 1 heterocycles. The lowest BCUT2D eigenvalue weighted by molar-refractivity contribution is 0.0521. The Kier molecular flexibility index (Phi) is 4.48. The highest BCUT2D eigenvalue weighted by Crippen LogP contribution is 2.11. The first-order valence-corrected chi connectivity index (χ1v) is 6.56. The Morgan fingerprint density at radius 2 is 2.38 bits per heavy atom. The molecule has 0 fully saturated rings. The van der Waals surface area contributed by atoms with Crippen molar-refractivity contribution in [3.63, 3.8) is 0 Å². The molecule has 16 heavy (non-hydrogen) atoms. The zero-order valence-corrected chi connectivity index (χ0v) is 10.1. The number of carbonyl (C=O) groups is 1. The highest BCUT2D eigenvalue weighted by Gasteiger charge is 2.16. The summed E-state index contributed by atoms with van der Waals surface area (Å²) in [6.07, 6.45) is 3.06. The van der Waals surface area contributed by atoms with Gasteiger partial charge in [0.05, 0.1) is 12.9 Å². The number of hydrogen-bond acceptors (Lipinski definition) is 5. The number of anilines is 1. The van der Waals surface area contributed by atoms with E-state index in [2.05, 4.69) is 4.98 Å². The minimum absolute atomic E-state index is 0.115. The van der Waals surface area contributed by atoms with Crippen LogP contribution in [0.2, 0.25) is 0 Å². The van der Waals surface area contributed by atoms with Crippen LogP contribution in [-0.2, 0) is 22.1 Å². The summed E-state index contributed by atoms with van der Waals surface area (Å²) >= 11 is 0. The van der Waals surface area contributed by atoms with E-state index in [1.165, 1.54) is 6.33 Å². The third kappa shape index (κ3) is 3.06. The van der Waals surface area contributed by atoms with Gasteiger partial charge in [-0.15, -0.1) is 0 Å². The van der Waals surface area contributed by atoms with Crippen LogP contribution in [0.5, 0.6) is 0 Å². The van der Waals surface area contributed by atoms with Gasteiger partial charge in [-0.25, -0.2) is 9.78 Å². The summed E-state index contributed by atoms with van der Waals surface area (Å²) in [6.45, 7) is 2.47. The molecular formula is C9H15N3O3S. The molecule has 0 amide bonds. The van der Waals surface area contributed by atoms with E-state index < -0.39 is 16.8 Å². The molecule has 0 saturated heterocycles. The molecule has 1 rings (SSSR count). The van der Waals surface area contributed by atoms with Crippen LogP contribution in [0.4, 0.5) is 5.82 Å². The summed E-state index contributed by atoms with van der Waals surface area (Å²) in [7, 11) is -0.900. The molecule has 0 radical (unpaired) electrons. The molecular weight excluding hydrogens is 230 g/mol. The Labute approximate surface area is 96.2 Å². The van der Waals surface area contributed by atoms with Gasteiger partial charge in [-0.05, 0) is 6.92 Å². The lowest BCUT2D eigenvalue weighted by Gasteiger charge is -2.04. The zero-order valence-electron chi connectivity index (χ0n) is 9.30. The van der Waals surface area contributed by atoms with Gasteiger partial charge in [-0.2, -0.15) is 0 Å². The lowest BCUT2D eigenvalue weighted by Crippen LogP contribution is -2.12. The average Bonchev–Trinajstić information content (AvgIpc) is 2.57. The minimum atomic E-state index is -0.900. The van der Waals surface area contributed by atoms with Gasteiger partial charge in [0.15, 0.2) is 5.69 Å². The quantitative estimate of drug-likeness (QED) is 0.739. The summed E-state index contributed by atoms with van der Waals surface area (Å²) in [4.78, 5) is 15.3. The van der Waals surface area contributed by atoms with Crippen molar-refractivity contribution in [1.82, 2.24) is 9.55 Å². The Morgan fingerprint density at radius 3 is 2.94 bits per heavy atom. The maximum atomic E-state index is 11.4. The van der Waals surface area contributed by atoms with Gasteiger partial charge in [0.2, 0.25) is 0 Å². The number of imidazole rings is 1. The normalized spacial score (nSPS) is 12.4. The number of aryl methyl sites for hydroxylation is 1. The third-order valence-corrected chi connectivity index (χ3v) is 2.72. The monoisotopic (exact) mass is 245 g/mol. The number of rotatable bonds is 5. The number of hydrogen-bond donors (Lipinski definition) is 1. The van der Waals surface area contributed by atoms with Gasteiger partial charge in [0.1, 0.15) is 5.82 Å². The molecule has 0 aliphatic heterocycles. The summed E-state index contributed by atoms with van der Waals surface area (Å²) in [5.74, 6) is 0.197. The van der Waals surface area contributed by atoms with Crippen molar-refractivity contribution in [2.45, 2.75) is 13.5 Å². The Hall–Kier alpha value is -1.37. The zero-order chi connectivity index (χ0) is 12.1. The minimum Gasteiger partial charge on any atom is -0.461 e. The van der Waals surface area contributed by atoms with E-state index in [0.29, 0.717) is 12.3 Å². The number of nitrogens with zero attached hydrogens (tertiary/aromatic N) is 2. The molecule has 1 unspecified atom stereocenters. The molecule has 2 N–H and O–H groups in total. The van der Waals surface area contributed by atoms with Crippen LogP contribution in [0.3, 0.4) is 0 Å². The lowest BCUT2D eigenvalue weighted by atomic mass is 10.4. The largest absolute Gasteiger partial charge is 0.461 e. The standard InChI is InChI=1S/C9H15N3O3S/c1-3-15-9(13)7-8(10)12(6-11-7)4-5-16(2)14/h6H,3-5,10H2,1-2H3. The summed E-state index contributed by atoms with van der Waals surface area (Å²) < 4.78 is 17.3. The van der Waals surface area contributed by atoms with Crippen LogP contribution in [0, 0.1) is 0 Å². The van der Waals surface area contributed by atoms with E-state index in [4.69, 9.17) is 10.5 Å². The maximum Gasteiger partial charge on any atom is 0.360 e. The Balaban J connectivity index is 2.75.